The van der Waals surface area contributed by atoms with Crippen LogP contribution in [0.3, 0.4) is 0 Å². The maximum Gasteiger partial charge on any atom is 0.341 e. The molecule has 210 valence electrons. The van der Waals surface area contributed by atoms with Crippen molar-refractivity contribution in [1.82, 2.24) is 0 Å². The van der Waals surface area contributed by atoms with E-state index in [0.717, 1.165) is 26.5 Å². The Kier molecular flexibility index (Phi) is 10.0. The van der Waals surface area contributed by atoms with Gasteiger partial charge in [-0.3, -0.25) is 0 Å². The molecule has 6 nitrogen and oxygen atoms in total. The van der Waals surface area contributed by atoms with Crippen molar-refractivity contribution in [1.29, 1.82) is 0 Å². The Morgan fingerprint density at radius 3 is 2.24 bits per heavy atom. The van der Waals surface area contributed by atoms with E-state index in [1.165, 1.54) is 18.0 Å². The van der Waals surface area contributed by atoms with Gasteiger partial charge in [-0.1, -0.05) is 47.3 Å². The summed E-state index contributed by atoms with van der Waals surface area (Å²) in [5.41, 5.74) is 3.36. The largest absolute Gasteiger partial charge is 0.493 e. The number of hydrogen-bond acceptors (Lipinski definition) is 6. The molecule has 0 spiro atoms. The molecule has 0 amide bonds. The molecule has 0 saturated heterocycles. The van der Waals surface area contributed by atoms with Gasteiger partial charge in [0.15, 0.2) is 16.4 Å². The van der Waals surface area contributed by atoms with Crippen LogP contribution in [0.5, 0.6) is 11.5 Å². The van der Waals surface area contributed by atoms with Crippen LogP contribution in [-0.2, 0) is 21.1 Å². The Morgan fingerprint density at radius 1 is 0.878 bits per heavy atom. The highest BCUT2D eigenvalue weighted by atomic mass is 35.5. The number of rotatable bonds is 10. The molecular formula is C32H27ClO6S2. The zero-order valence-corrected chi connectivity index (χ0v) is 24.8. The molecule has 0 unspecified atom stereocenters. The Morgan fingerprint density at radius 2 is 1.59 bits per heavy atom. The van der Waals surface area contributed by atoms with E-state index in [4.69, 9.17) is 26.2 Å². The van der Waals surface area contributed by atoms with E-state index < -0.39 is 22.4 Å². The van der Waals surface area contributed by atoms with Gasteiger partial charge >= 0.3 is 5.97 Å². The molecule has 4 rings (SSSR count). The maximum absolute atomic E-state index is 11.8. The molecule has 4 aromatic carbocycles. The molecule has 0 saturated carbocycles. The molecule has 41 heavy (non-hydrogen) atoms. The van der Waals surface area contributed by atoms with Gasteiger partial charge in [0.25, 0.3) is 0 Å². The van der Waals surface area contributed by atoms with E-state index in [-0.39, 0.29) is 4.90 Å². The van der Waals surface area contributed by atoms with Gasteiger partial charge in [-0.05, 0) is 90.8 Å². The third-order valence-corrected chi connectivity index (χ3v) is 8.16. The number of aryl methyl sites for hydroxylation is 1. The van der Waals surface area contributed by atoms with E-state index in [1.54, 1.807) is 30.3 Å². The van der Waals surface area contributed by atoms with Crippen molar-refractivity contribution < 1.29 is 27.8 Å². The minimum atomic E-state index is -3.28. The molecular weight excluding hydrogens is 580 g/mol. The Balaban J connectivity index is 1.56. The van der Waals surface area contributed by atoms with Crippen molar-refractivity contribution in [3.63, 3.8) is 0 Å². The number of hydrogen-bond donors (Lipinski definition) is 1. The van der Waals surface area contributed by atoms with Crippen molar-refractivity contribution in [2.24, 2.45) is 0 Å². The lowest BCUT2D eigenvalue weighted by Gasteiger charge is -2.11. The topological polar surface area (TPSA) is 89.9 Å². The fourth-order valence-corrected chi connectivity index (χ4v) is 5.54. The monoisotopic (exact) mass is 606 g/mol. The molecule has 0 bridgehead atoms. The van der Waals surface area contributed by atoms with Crippen molar-refractivity contribution in [3.05, 3.63) is 112 Å². The second-order valence-corrected chi connectivity index (χ2v) is 12.8. The predicted octanol–water partition coefficient (Wildman–Crippen LogP) is 6.69. The fraction of sp³-hybridized carbons (Fsp3) is 0.156. The highest BCUT2D eigenvalue weighted by molar-refractivity contribution is 7.99. The number of carboxylic acids is 1. The lowest BCUT2D eigenvalue weighted by atomic mass is 10.1. The summed E-state index contributed by atoms with van der Waals surface area (Å²) in [7, 11) is -3.28. The fourth-order valence-electron chi connectivity index (χ4n) is 3.78. The second kappa shape index (κ2) is 13.6. The number of aliphatic carboxylic acids is 1. The van der Waals surface area contributed by atoms with Crippen LogP contribution in [0.25, 0.3) is 0 Å². The van der Waals surface area contributed by atoms with Crippen molar-refractivity contribution in [3.8, 4) is 23.3 Å². The summed E-state index contributed by atoms with van der Waals surface area (Å²) in [5.74, 6) is 6.41. The van der Waals surface area contributed by atoms with Crippen molar-refractivity contribution in [2.45, 2.75) is 28.0 Å². The lowest BCUT2D eigenvalue weighted by Crippen LogP contribution is -2.09. The Bertz CT molecular complexity index is 1700. The average molecular weight is 607 g/mol. The number of carboxylic acid groups (broad SMARTS) is 1. The first-order valence-corrected chi connectivity index (χ1v) is 15.6. The van der Waals surface area contributed by atoms with Gasteiger partial charge in [-0.15, -0.1) is 0 Å². The number of carbonyl (C=O) groups is 1. The van der Waals surface area contributed by atoms with Crippen molar-refractivity contribution in [2.75, 3.05) is 19.5 Å². The first-order chi connectivity index (χ1) is 19.5. The molecule has 0 aliphatic carbocycles. The smallest absolute Gasteiger partial charge is 0.341 e. The minimum Gasteiger partial charge on any atom is -0.493 e. The third-order valence-electron chi connectivity index (χ3n) is 5.82. The van der Waals surface area contributed by atoms with Crippen LogP contribution in [0, 0.1) is 18.8 Å². The molecule has 0 fully saturated rings. The zero-order chi connectivity index (χ0) is 29.4. The van der Waals surface area contributed by atoms with E-state index >= 15 is 0 Å². The van der Waals surface area contributed by atoms with Crippen LogP contribution in [0.2, 0.25) is 5.02 Å². The van der Waals surface area contributed by atoms with Crippen LogP contribution in [-0.4, -0.2) is 39.0 Å². The van der Waals surface area contributed by atoms with E-state index in [1.807, 2.05) is 61.5 Å². The highest BCUT2D eigenvalue weighted by Crippen LogP contribution is 2.34. The Hall–Kier alpha value is -3.90. The molecule has 4 aromatic rings. The molecule has 0 aliphatic heterocycles. The first kappa shape index (κ1) is 30.1. The number of sulfone groups is 1. The van der Waals surface area contributed by atoms with Crippen LogP contribution in [0.15, 0.2) is 99.6 Å². The number of halogens is 1. The van der Waals surface area contributed by atoms with Crippen LogP contribution < -0.4 is 9.47 Å². The second-order valence-electron chi connectivity index (χ2n) is 9.18. The zero-order valence-electron chi connectivity index (χ0n) is 22.4. The summed E-state index contributed by atoms with van der Waals surface area (Å²) in [6, 6.07) is 25.4. The minimum absolute atomic E-state index is 0.243. The van der Waals surface area contributed by atoms with Gasteiger partial charge in [0.1, 0.15) is 11.5 Å². The molecule has 0 atom stereocenters. The summed E-state index contributed by atoms with van der Waals surface area (Å²) in [6.45, 7) is 1.93. The quantitative estimate of drug-likeness (QED) is 0.201. The van der Waals surface area contributed by atoms with Gasteiger partial charge in [0, 0.05) is 38.6 Å². The summed E-state index contributed by atoms with van der Waals surface area (Å²) >= 11 is 7.51. The summed E-state index contributed by atoms with van der Waals surface area (Å²) in [5, 5.41) is 9.57. The molecule has 1 N–H and O–H groups in total. The van der Waals surface area contributed by atoms with Gasteiger partial charge in [0.2, 0.25) is 0 Å². The highest BCUT2D eigenvalue weighted by Gasteiger charge is 2.09. The molecule has 0 heterocycles. The Labute approximate surface area is 249 Å². The van der Waals surface area contributed by atoms with Gasteiger partial charge in [-0.2, -0.15) is 0 Å². The lowest BCUT2D eigenvalue weighted by molar-refractivity contribution is -0.139. The molecule has 0 aliphatic rings. The summed E-state index contributed by atoms with van der Waals surface area (Å²) in [6.07, 6.45) is 1.88. The number of benzene rings is 4. The van der Waals surface area contributed by atoms with Crippen LogP contribution in [0.1, 0.15) is 22.3 Å². The van der Waals surface area contributed by atoms with E-state index in [2.05, 4.69) is 11.8 Å². The van der Waals surface area contributed by atoms with Crippen molar-refractivity contribution >= 4 is 39.2 Å². The summed E-state index contributed by atoms with van der Waals surface area (Å²) in [4.78, 5) is 12.9. The third kappa shape index (κ3) is 9.32. The molecule has 9 heteroatoms. The van der Waals surface area contributed by atoms with Crippen LogP contribution >= 0.6 is 23.4 Å². The average Bonchev–Trinajstić information content (AvgIpc) is 2.92. The first-order valence-electron chi connectivity index (χ1n) is 12.5. The molecule has 0 radical (unpaired) electrons. The van der Waals surface area contributed by atoms with E-state index in [9.17, 15) is 13.2 Å². The van der Waals surface area contributed by atoms with Gasteiger partial charge in [-0.25, -0.2) is 13.2 Å². The normalized spacial score (nSPS) is 10.9. The van der Waals surface area contributed by atoms with Crippen LogP contribution in [0.4, 0.5) is 0 Å². The van der Waals surface area contributed by atoms with Gasteiger partial charge < -0.3 is 14.6 Å². The number of ether oxygens (including phenoxy) is 2. The maximum atomic E-state index is 11.8. The van der Waals surface area contributed by atoms with E-state index in [0.29, 0.717) is 35.1 Å². The predicted molar refractivity (Wildman–Crippen MR) is 161 cm³/mol. The standard InChI is InChI=1S/C32H27ClO6S2/c1-22-17-28(11-14-31(22)39-21-32(34)35)40-29-19-25(4-3-23-7-12-30(13-8-23)41(2,36)37)18-27(20-29)38-16-15-24-5-9-26(33)10-6-24/h5-14,17-20H,15-16,21H2,1-2H3,(H,34,35). The summed E-state index contributed by atoms with van der Waals surface area (Å²) < 4.78 is 34.9. The molecule has 0 aromatic heterocycles. The van der Waals surface area contributed by atoms with Gasteiger partial charge in [0.05, 0.1) is 11.5 Å². The SMILES string of the molecule is Cc1cc(Sc2cc(C#Cc3ccc(S(C)(=O)=O)cc3)cc(OCCc3ccc(Cl)cc3)c2)ccc1OCC(=O)O.